The Bertz CT molecular complexity index is 609. The van der Waals surface area contributed by atoms with Crippen molar-refractivity contribution in [2.45, 2.75) is 24.7 Å². The standard InChI is InChI=1S/C13H14O4S/c1-9-3-4-10(2)13(9)17-11-5-7-12(8-6-11)18(14,15)16/h5-8H,1,3-4H2,2H3,(H,14,15,16). The molecule has 18 heavy (non-hydrogen) atoms. The molecular formula is C13H14O4S. The van der Waals surface area contributed by atoms with E-state index < -0.39 is 10.1 Å². The first kappa shape index (κ1) is 12.9. The van der Waals surface area contributed by atoms with Crippen molar-refractivity contribution in [1.29, 1.82) is 0 Å². The molecule has 0 atom stereocenters. The lowest BCUT2D eigenvalue weighted by Gasteiger charge is -2.09. The molecule has 0 amide bonds. The fraction of sp³-hybridized carbons (Fsp3) is 0.231. The zero-order valence-electron chi connectivity index (χ0n) is 10.0. The smallest absolute Gasteiger partial charge is 0.294 e. The Morgan fingerprint density at radius 3 is 2.28 bits per heavy atom. The third-order valence-corrected chi connectivity index (χ3v) is 3.72. The maximum absolute atomic E-state index is 10.9. The third kappa shape index (κ3) is 2.63. The van der Waals surface area contributed by atoms with Gasteiger partial charge < -0.3 is 4.74 Å². The molecule has 0 heterocycles. The van der Waals surface area contributed by atoms with E-state index in [1.165, 1.54) is 24.3 Å². The Kier molecular flexibility index (Phi) is 3.28. The Morgan fingerprint density at radius 2 is 1.83 bits per heavy atom. The Labute approximate surface area is 106 Å². The van der Waals surface area contributed by atoms with E-state index in [2.05, 4.69) is 6.58 Å². The lowest BCUT2D eigenvalue weighted by atomic mass is 10.2. The van der Waals surface area contributed by atoms with Crippen LogP contribution >= 0.6 is 0 Å². The molecule has 96 valence electrons. The summed E-state index contributed by atoms with van der Waals surface area (Å²) in [5.74, 6) is 1.30. The Morgan fingerprint density at radius 1 is 1.22 bits per heavy atom. The molecule has 2 rings (SSSR count). The molecule has 0 unspecified atom stereocenters. The summed E-state index contributed by atoms with van der Waals surface area (Å²) in [6, 6.07) is 5.63. The molecule has 1 aromatic carbocycles. The van der Waals surface area contributed by atoms with Crippen molar-refractivity contribution in [2.75, 3.05) is 0 Å². The molecule has 0 bridgehead atoms. The van der Waals surface area contributed by atoms with Crippen LogP contribution in [0.25, 0.3) is 0 Å². The molecule has 0 radical (unpaired) electrons. The van der Waals surface area contributed by atoms with E-state index in [9.17, 15) is 8.42 Å². The van der Waals surface area contributed by atoms with Crippen molar-refractivity contribution in [3.05, 3.63) is 47.7 Å². The van der Waals surface area contributed by atoms with E-state index in [1.54, 1.807) is 0 Å². The highest BCUT2D eigenvalue weighted by atomic mass is 32.2. The van der Waals surface area contributed by atoms with E-state index >= 15 is 0 Å². The van der Waals surface area contributed by atoms with Crippen LogP contribution in [-0.4, -0.2) is 13.0 Å². The second-order valence-corrected chi connectivity index (χ2v) is 5.68. The number of rotatable bonds is 3. The topological polar surface area (TPSA) is 63.6 Å². The summed E-state index contributed by atoms with van der Waals surface area (Å²) in [7, 11) is -4.15. The monoisotopic (exact) mass is 266 g/mol. The van der Waals surface area contributed by atoms with E-state index in [4.69, 9.17) is 9.29 Å². The van der Waals surface area contributed by atoms with Gasteiger partial charge >= 0.3 is 0 Å². The zero-order chi connectivity index (χ0) is 13.3. The average molecular weight is 266 g/mol. The van der Waals surface area contributed by atoms with Crippen molar-refractivity contribution in [3.8, 4) is 5.75 Å². The van der Waals surface area contributed by atoms with Crippen LogP contribution < -0.4 is 4.74 Å². The summed E-state index contributed by atoms with van der Waals surface area (Å²) in [4.78, 5) is -0.147. The summed E-state index contributed by atoms with van der Waals surface area (Å²) >= 11 is 0. The largest absolute Gasteiger partial charge is 0.457 e. The molecular weight excluding hydrogens is 252 g/mol. The predicted molar refractivity (Wildman–Crippen MR) is 68.0 cm³/mol. The SMILES string of the molecule is C=C1CCC(C)=C1Oc1ccc(S(=O)(=O)O)cc1. The van der Waals surface area contributed by atoms with Gasteiger partial charge in [0.05, 0.1) is 4.90 Å². The van der Waals surface area contributed by atoms with E-state index in [-0.39, 0.29) is 4.90 Å². The van der Waals surface area contributed by atoms with E-state index in [1.807, 2.05) is 6.92 Å². The van der Waals surface area contributed by atoms with Gasteiger partial charge in [-0.05, 0) is 55.2 Å². The minimum atomic E-state index is -4.15. The molecule has 1 N–H and O–H groups in total. The molecule has 0 spiro atoms. The predicted octanol–water partition coefficient (Wildman–Crippen LogP) is 2.94. The van der Waals surface area contributed by atoms with Gasteiger partial charge in [-0.3, -0.25) is 4.55 Å². The van der Waals surface area contributed by atoms with Crippen LogP contribution in [0.2, 0.25) is 0 Å². The summed E-state index contributed by atoms with van der Waals surface area (Å²) in [5.41, 5.74) is 2.09. The van der Waals surface area contributed by atoms with Crippen molar-refractivity contribution < 1.29 is 17.7 Å². The van der Waals surface area contributed by atoms with E-state index in [0.717, 1.165) is 29.7 Å². The van der Waals surface area contributed by atoms with Crippen LogP contribution in [0, 0.1) is 0 Å². The second kappa shape index (κ2) is 4.59. The first-order chi connectivity index (χ1) is 8.38. The van der Waals surface area contributed by atoms with Crippen molar-refractivity contribution >= 4 is 10.1 Å². The van der Waals surface area contributed by atoms with Gasteiger partial charge in [0.25, 0.3) is 10.1 Å². The number of hydrogen-bond donors (Lipinski definition) is 1. The lowest BCUT2D eigenvalue weighted by Crippen LogP contribution is -1.99. The highest BCUT2D eigenvalue weighted by Gasteiger charge is 2.17. The van der Waals surface area contributed by atoms with Gasteiger partial charge in [0.2, 0.25) is 0 Å². The summed E-state index contributed by atoms with van der Waals surface area (Å²) in [6.45, 7) is 5.91. The van der Waals surface area contributed by atoms with Crippen LogP contribution in [0.1, 0.15) is 19.8 Å². The van der Waals surface area contributed by atoms with Gasteiger partial charge in [-0.25, -0.2) is 0 Å². The van der Waals surface area contributed by atoms with Crippen LogP contribution in [0.15, 0.2) is 52.6 Å². The molecule has 0 saturated heterocycles. The molecule has 1 aliphatic rings. The van der Waals surface area contributed by atoms with Crippen LogP contribution in [0.4, 0.5) is 0 Å². The summed E-state index contributed by atoms with van der Waals surface area (Å²) < 4.78 is 36.3. The molecule has 0 aliphatic heterocycles. The highest BCUT2D eigenvalue weighted by molar-refractivity contribution is 7.85. The maximum Gasteiger partial charge on any atom is 0.294 e. The van der Waals surface area contributed by atoms with Crippen molar-refractivity contribution in [3.63, 3.8) is 0 Å². The number of allylic oxidation sites excluding steroid dienone is 2. The zero-order valence-corrected chi connectivity index (χ0v) is 10.8. The van der Waals surface area contributed by atoms with Gasteiger partial charge in [0.1, 0.15) is 11.5 Å². The molecule has 0 saturated carbocycles. The van der Waals surface area contributed by atoms with Gasteiger partial charge in [-0.2, -0.15) is 8.42 Å². The molecule has 0 aromatic heterocycles. The first-order valence-corrected chi connectivity index (χ1v) is 6.95. The normalized spacial score (nSPS) is 16.2. The molecule has 1 aromatic rings. The van der Waals surface area contributed by atoms with E-state index in [0.29, 0.717) is 5.75 Å². The minimum Gasteiger partial charge on any atom is -0.457 e. The number of ether oxygens (including phenoxy) is 1. The second-order valence-electron chi connectivity index (χ2n) is 4.26. The number of hydrogen-bond acceptors (Lipinski definition) is 3. The number of benzene rings is 1. The fourth-order valence-electron chi connectivity index (χ4n) is 1.82. The average Bonchev–Trinajstić information content (AvgIpc) is 2.60. The highest BCUT2D eigenvalue weighted by Crippen LogP contribution is 2.32. The molecule has 5 heteroatoms. The van der Waals surface area contributed by atoms with Crippen molar-refractivity contribution in [2.24, 2.45) is 0 Å². The third-order valence-electron chi connectivity index (χ3n) is 2.85. The van der Waals surface area contributed by atoms with Gasteiger partial charge in [0.15, 0.2) is 0 Å². The molecule has 1 aliphatic carbocycles. The van der Waals surface area contributed by atoms with Crippen LogP contribution in [0.3, 0.4) is 0 Å². The Balaban J connectivity index is 2.22. The Hall–Kier alpha value is -1.59. The van der Waals surface area contributed by atoms with Crippen LogP contribution in [0.5, 0.6) is 5.75 Å². The van der Waals surface area contributed by atoms with Crippen LogP contribution in [-0.2, 0) is 10.1 Å². The van der Waals surface area contributed by atoms with Gasteiger partial charge in [-0.1, -0.05) is 6.58 Å². The van der Waals surface area contributed by atoms with Gasteiger partial charge in [-0.15, -0.1) is 0 Å². The lowest BCUT2D eigenvalue weighted by molar-refractivity contribution is 0.434. The van der Waals surface area contributed by atoms with Gasteiger partial charge in [0, 0.05) is 0 Å². The minimum absolute atomic E-state index is 0.147. The first-order valence-electron chi connectivity index (χ1n) is 5.51. The molecule has 0 fully saturated rings. The fourth-order valence-corrected chi connectivity index (χ4v) is 2.30. The quantitative estimate of drug-likeness (QED) is 0.854. The summed E-state index contributed by atoms with van der Waals surface area (Å²) in [5, 5.41) is 0. The van der Waals surface area contributed by atoms with Crippen molar-refractivity contribution in [1.82, 2.24) is 0 Å². The maximum atomic E-state index is 10.9. The summed E-state index contributed by atoms with van der Waals surface area (Å²) in [6.07, 6.45) is 1.83. The molecule has 4 nitrogen and oxygen atoms in total.